The molecule has 2 aromatic rings. The minimum absolute atomic E-state index is 0.0917. The van der Waals surface area contributed by atoms with E-state index in [-0.39, 0.29) is 17.9 Å². The van der Waals surface area contributed by atoms with Gasteiger partial charge in [-0.25, -0.2) is 9.97 Å². The predicted octanol–water partition coefficient (Wildman–Crippen LogP) is 2.64. The number of hydrogen-bond acceptors (Lipinski definition) is 6. The van der Waals surface area contributed by atoms with Crippen LogP contribution in [0.2, 0.25) is 0 Å². The normalized spacial score (nSPS) is 22.1. The molecular formula is C25H34N6O. The van der Waals surface area contributed by atoms with Crippen molar-refractivity contribution in [2.75, 3.05) is 55.6 Å². The lowest BCUT2D eigenvalue weighted by Crippen LogP contribution is -2.46. The number of amides is 1. The van der Waals surface area contributed by atoms with Crippen molar-refractivity contribution in [1.82, 2.24) is 20.2 Å². The van der Waals surface area contributed by atoms with Crippen LogP contribution in [-0.4, -0.2) is 66.6 Å². The summed E-state index contributed by atoms with van der Waals surface area (Å²) in [5.41, 5.74) is 3.74. The van der Waals surface area contributed by atoms with Crippen LogP contribution in [0.15, 0.2) is 36.7 Å². The van der Waals surface area contributed by atoms with E-state index >= 15 is 0 Å². The highest BCUT2D eigenvalue weighted by atomic mass is 16.2. The third-order valence-corrected chi connectivity index (χ3v) is 7.41. The molecule has 2 fully saturated rings. The van der Waals surface area contributed by atoms with Gasteiger partial charge in [-0.1, -0.05) is 31.2 Å². The quantitative estimate of drug-likeness (QED) is 0.781. The Labute approximate surface area is 190 Å². The molecule has 1 unspecified atom stereocenters. The molecule has 1 aliphatic carbocycles. The Balaban J connectivity index is 1.12. The zero-order valence-corrected chi connectivity index (χ0v) is 19.0. The lowest BCUT2D eigenvalue weighted by Gasteiger charge is -2.35. The summed E-state index contributed by atoms with van der Waals surface area (Å²) in [6.45, 7) is 9.18. The van der Waals surface area contributed by atoms with E-state index in [1.165, 1.54) is 11.1 Å². The molecule has 2 saturated heterocycles. The van der Waals surface area contributed by atoms with E-state index in [1.807, 2.05) is 12.4 Å². The molecule has 2 aliphatic heterocycles. The van der Waals surface area contributed by atoms with Crippen LogP contribution in [0.3, 0.4) is 0 Å². The van der Waals surface area contributed by atoms with Gasteiger partial charge in [-0.15, -0.1) is 0 Å². The molecule has 1 N–H and O–H groups in total. The Hall–Kier alpha value is -2.67. The van der Waals surface area contributed by atoms with Gasteiger partial charge in [0.1, 0.15) is 0 Å². The van der Waals surface area contributed by atoms with E-state index < -0.39 is 0 Å². The fraction of sp³-hybridized carbons (Fsp3) is 0.560. The standard InChI is InChI=1S/C25H34N6O/c1-2-29-13-15-31(16-14-29)25-26-17-21(18-27-25)30-11-9-20(10-12-30)24(32)28-23-8-7-19-5-3-4-6-22(19)23/h3-6,17-18,20,23H,2,7-16H2,1H3,(H,28,32). The molecule has 5 rings (SSSR count). The van der Waals surface area contributed by atoms with Crippen LogP contribution in [0.5, 0.6) is 0 Å². The van der Waals surface area contributed by atoms with Crippen LogP contribution in [-0.2, 0) is 11.2 Å². The maximum absolute atomic E-state index is 12.9. The van der Waals surface area contributed by atoms with Gasteiger partial charge < -0.3 is 20.0 Å². The summed E-state index contributed by atoms with van der Waals surface area (Å²) in [5.74, 6) is 1.13. The third-order valence-electron chi connectivity index (χ3n) is 7.41. The largest absolute Gasteiger partial charge is 0.369 e. The van der Waals surface area contributed by atoms with Gasteiger partial charge in [-0.3, -0.25) is 4.79 Å². The average Bonchev–Trinajstić information content (AvgIpc) is 3.27. The molecule has 7 heteroatoms. The molecule has 1 aromatic heterocycles. The molecule has 1 amide bonds. The summed E-state index contributed by atoms with van der Waals surface area (Å²) < 4.78 is 0. The maximum atomic E-state index is 12.9. The first-order valence-corrected chi connectivity index (χ1v) is 12.1. The van der Waals surface area contributed by atoms with Crippen molar-refractivity contribution < 1.29 is 4.79 Å². The Morgan fingerprint density at radius 2 is 1.69 bits per heavy atom. The Morgan fingerprint density at radius 1 is 0.969 bits per heavy atom. The van der Waals surface area contributed by atoms with E-state index in [4.69, 9.17) is 0 Å². The number of carbonyl (C=O) groups is 1. The number of aromatic nitrogens is 2. The minimum atomic E-state index is 0.0917. The van der Waals surface area contributed by atoms with E-state index in [0.29, 0.717) is 0 Å². The topological polar surface area (TPSA) is 64.6 Å². The average molecular weight is 435 g/mol. The van der Waals surface area contributed by atoms with E-state index in [2.05, 4.69) is 61.2 Å². The zero-order valence-electron chi connectivity index (χ0n) is 19.0. The van der Waals surface area contributed by atoms with E-state index in [9.17, 15) is 4.79 Å². The molecule has 7 nitrogen and oxygen atoms in total. The van der Waals surface area contributed by atoms with Crippen LogP contribution < -0.4 is 15.1 Å². The van der Waals surface area contributed by atoms with Crippen molar-refractivity contribution in [3.63, 3.8) is 0 Å². The van der Waals surface area contributed by atoms with Crippen LogP contribution in [0.25, 0.3) is 0 Å². The first kappa shape index (κ1) is 21.2. The summed E-state index contributed by atoms with van der Waals surface area (Å²) in [4.78, 5) is 29.2. The fourth-order valence-corrected chi connectivity index (χ4v) is 5.30. The third kappa shape index (κ3) is 4.44. The number of hydrogen-bond donors (Lipinski definition) is 1. The van der Waals surface area contributed by atoms with Gasteiger partial charge in [0.2, 0.25) is 11.9 Å². The van der Waals surface area contributed by atoms with Crippen molar-refractivity contribution >= 4 is 17.5 Å². The number of rotatable bonds is 5. The van der Waals surface area contributed by atoms with Crippen LogP contribution in [0, 0.1) is 5.92 Å². The molecule has 0 radical (unpaired) electrons. The van der Waals surface area contributed by atoms with Crippen LogP contribution in [0.1, 0.15) is 43.4 Å². The number of fused-ring (bicyclic) bond motifs is 1. The van der Waals surface area contributed by atoms with Gasteiger partial charge in [0.25, 0.3) is 0 Å². The second-order valence-corrected chi connectivity index (χ2v) is 9.22. The fourth-order valence-electron chi connectivity index (χ4n) is 5.30. The van der Waals surface area contributed by atoms with Gasteiger partial charge >= 0.3 is 0 Å². The second-order valence-electron chi connectivity index (χ2n) is 9.22. The number of anilines is 2. The number of benzene rings is 1. The van der Waals surface area contributed by atoms with E-state index in [0.717, 1.165) is 83.1 Å². The molecule has 3 aliphatic rings. The summed E-state index contributed by atoms with van der Waals surface area (Å²) in [7, 11) is 0. The molecule has 0 bridgehead atoms. The van der Waals surface area contributed by atoms with Crippen molar-refractivity contribution in [3.05, 3.63) is 47.8 Å². The lowest BCUT2D eigenvalue weighted by molar-refractivity contribution is -0.126. The number of likely N-dealkylation sites (N-methyl/N-ethyl adjacent to an activating group) is 1. The van der Waals surface area contributed by atoms with Crippen molar-refractivity contribution in [3.8, 4) is 0 Å². The molecule has 3 heterocycles. The molecular weight excluding hydrogens is 400 g/mol. The summed E-state index contributed by atoms with van der Waals surface area (Å²) >= 11 is 0. The van der Waals surface area contributed by atoms with Gasteiger partial charge in [0.05, 0.1) is 24.1 Å². The number of aryl methyl sites for hydroxylation is 1. The Bertz CT molecular complexity index is 916. The summed E-state index contributed by atoms with van der Waals surface area (Å²) in [6.07, 6.45) is 7.72. The molecule has 0 saturated carbocycles. The van der Waals surface area contributed by atoms with Gasteiger partial charge in [-0.05, 0) is 43.4 Å². The maximum Gasteiger partial charge on any atom is 0.225 e. The highest BCUT2D eigenvalue weighted by Crippen LogP contribution is 2.32. The minimum Gasteiger partial charge on any atom is -0.369 e. The number of nitrogens with one attached hydrogen (secondary N) is 1. The highest BCUT2D eigenvalue weighted by Gasteiger charge is 2.29. The Morgan fingerprint density at radius 3 is 2.41 bits per heavy atom. The summed E-state index contributed by atoms with van der Waals surface area (Å²) in [6, 6.07) is 8.67. The van der Waals surface area contributed by atoms with Crippen molar-refractivity contribution in [1.29, 1.82) is 0 Å². The smallest absolute Gasteiger partial charge is 0.225 e. The molecule has 1 aromatic carbocycles. The highest BCUT2D eigenvalue weighted by molar-refractivity contribution is 5.79. The van der Waals surface area contributed by atoms with Crippen molar-refractivity contribution in [2.45, 2.75) is 38.6 Å². The monoisotopic (exact) mass is 434 g/mol. The SMILES string of the molecule is CCN1CCN(c2ncc(N3CCC(C(=O)NC4CCc5ccccc54)CC3)cn2)CC1. The first-order valence-electron chi connectivity index (χ1n) is 12.1. The molecule has 170 valence electrons. The van der Waals surface area contributed by atoms with Gasteiger partial charge in [0, 0.05) is 45.2 Å². The number of nitrogens with zero attached hydrogens (tertiary/aromatic N) is 5. The number of piperazine rings is 1. The van der Waals surface area contributed by atoms with Crippen LogP contribution >= 0.6 is 0 Å². The number of carbonyl (C=O) groups excluding carboxylic acids is 1. The molecule has 32 heavy (non-hydrogen) atoms. The summed E-state index contributed by atoms with van der Waals surface area (Å²) in [5, 5.41) is 3.32. The lowest BCUT2D eigenvalue weighted by atomic mass is 9.95. The molecule has 1 atom stereocenters. The number of piperidine rings is 1. The first-order chi connectivity index (χ1) is 15.7. The predicted molar refractivity (Wildman–Crippen MR) is 127 cm³/mol. The second kappa shape index (κ2) is 9.45. The van der Waals surface area contributed by atoms with Crippen LogP contribution in [0.4, 0.5) is 11.6 Å². The van der Waals surface area contributed by atoms with Gasteiger partial charge in [-0.2, -0.15) is 0 Å². The Kier molecular flexibility index (Phi) is 6.26. The zero-order chi connectivity index (χ0) is 21.9. The van der Waals surface area contributed by atoms with Crippen molar-refractivity contribution in [2.24, 2.45) is 5.92 Å². The van der Waals surface area contributed by atoms with Gasteiger partial charge in [0.15, 0.2) is 0 Å². The molecule has 0 spiro atoms. The van der Waals surface area contributed by atoms with E-state index in [1.54, 1.807) is 0 Å².